The van der Waals surface area contributed by atoms with Gasteiger partial charge in [-0.05, 0) is 38.7 Å². The lowest BCUT2D eigenvalue weighted by atomic mass is 10.0. The molecule has 1 aliphatic heterocycles. The van der Waals surface area contributed by atoms with Gasteiger partial charge in [0, 0.05) is 30.4 Å². The van der Waals surface area contributed by atoms with Gasteiger partial charge in [-0.15, -0.1) is 12.4 Å². The molecule has 1 unspecified atom stereocenters. The summed E-state index contributed by atoms with van der Waals surface area (Å²) in [7, 11) is 0. The van der Waals surface area contributed by atoms with Gasteiger partial charge in [-0.3, -0.25) is 9.59 Å². The second kappa shape index (κ2) is 7.09. The first-order valence-electron chi connectivity index (χ1n) is 7.24. The van der Waals surface area contributed by atoms with Crippen LogP contribution in [0.2, 0.25) is 0 Å². The SMILES string of the molecule is CCc1c(C(=O)N2CCCC2CN)[nH]c(C)c1C(C)=O.Cl. The van der Waals surface area contributed by atoms with Crippen molar-refractivity contribution in [3.8, 4) is 0 Å². The smallest absolute Gasteiger partial charge is 0.270 e. The Morgan fingerprint density at radius 3 is 2.62 bits per heavy atom. The number of amides is 1. The molecule has 21 heavy (non-hydrogen) atoms. The number of ketones is 1. The minimum absolute atomic E-state index is 0. The highest BCUT2D eigenvalue weighted by Crippen LogP contribution is 2.25. The highest BCUT2D eigenvalue weighted by molar-refractivity contribution is 6.02. The summed E-state index contributed by atoms with van der Waals surface area (Å²) in [6.07, 6.45) is 2.62. The van der Waals surface area contributed by atoms with Gasteiger partial charge in [0.15, 0.2) is 5.78 Å². The highest BCUT2D eigenvalue weighted by Gasteiger charge is 2.31. The number of nitrogens with two attached hydrogens (primary N) is 1. The molecule has 5 nitrogen and oxygen atoms in total. The van der Waals surface area contributed by atoms with Gasteiger partial charge < -0.3 is 15.6 Å². The molecule has 1 aliphatic rings. The molecule has 1 fully saturated rings. The summed E-state index contributed by atoms with van der Waals surface area (Å²) in [5, 5.41) is 0. The molecule has 2 rings (SSSR count). The Morgan fingerprint density at radius 2 is 2.10 bits per heavy atom. The predicted octanol–water partition coefficient (Wildman–Crippen LogP) is 2.07. The molecule has 0 saturated carbocycles. The van der Waals surface area contributed by atoms with E-state index < -0.39 is 0 Å². The van der Waals surface area contributed by atoms with Crippen molar-refractivity contribution >= 4 is 24.1 Å². The van der Waals surface area contributed by atoms with Gasteiger partial charge in [-0.1, -0.05) is 6.92 Å². The maximum atomic E-state index is 12.7. The number of rotatable bonds is 4. The van der Waals surface area contributed by atoms with E-state index in [0.29, 0.717) is 24.2 Å². The average molecular weight is 314 g/mol. The summed E-state index contributed by atoms with van der Waals surface area (Å²) in [4.78, 5) is 29.4. The molecule has 1 saturated heterocycles. The number of Topliss-reactive ketones (excluding diaryl/α,β-unsaturated/α-hetero) is 1. The van der Waals surface area contributed by atoms with Crippen LogP contribution in [0.1, 0.15) is 58.8 Å². The summed E-state index contributed by atoms with van der Waals surface area (Å²) in [5.41, 5.74) is 8.58. The average Bonchev–Trinajstić information content (AvgIpc) is 3.00. The standard InChI is InChI=1S/C15H23N3O2.ClH/c1-4-12-13(10(3)19)9(2)17-14(12)15(20)18-7-5-6-11(18)8-16;/h11,17H,4-8,16H2,1-3H3;1H. The summed E-state index contributed by atoms with van der Waals surface area (Å²) in [5.74, 6) is -0.0168. The van der Waals surface area contributed by atoms with Crippen molar-refractivity contribution in [2.45, 2.75) is 46.1 Å². The monoisotopic (exact) mass is 313 g/mol. The number of aryl methyl sites for hydroxylation is 1. The molecule has 0 aromatic carbocycles. The van der Waals surface area contributed by atoms with E-state index in [0.717, 1.165) is 30.6 Å². The number of halogens is 1. The van der Waals surface area contributed by atoms with Gasteiger partial charge in [0.25, 0.3) is 5.91 Å². The summed E-state index contributed by atoms with van der Waals surface area (Å²) in [6, 6.07) is 0.122. The second-order valence-electron chi connectivity index (χ2n) is 5.42. The van der Waals surface area contributed by atoms with Crippen molar-refractivity contribution in [2.24, 2.45) is 5.73 Å². The lowest BCUT2D eigenvalue weighted by Gasteiger charge is -2.23. The van der Waals surface area contributed by atoms with Gasteiger partial charge in [0.2, 0.25) is 0 Å². The molecule has 0 bridgehead atoms. The molecule has 0 aliphatic carbocycles. The lowest BCUT2D eigenvalue weighted by molar-refractivity contribution is 0.0734. The van der Waals surface area contributed by atoms with Crippen LogP contribution >= 0.6 is 12.4 Å². The van der Waals surface area contributed by atoms with Gasteiger partial charge in [0.1, 0.15) is 5.69 Å². The number of hydrogen-bond acceptors (Lipinski definition) is 3. The van der Waals surface area contributed by atoms with E-state index in [1.807, 2.05) is 18.7 Å². The van der Waals surface area contributed by atoms with E-state index in [2.05, 4.69) is 4.98 Å². The third-order valence-corrected chi connectivity index (χ3v) is 4.12. The van der Waals surface area contributed by atoms with Crippen LogP contribution in [-0.4, -0.2) is 40.7 Å². The van der Waals surface area contributed by atoms with Crippen LogP contribution in [0.3, 0.4) is 0 Å². The van der Waals surface area contributed by atoms with Crippen LogP contribution in [0.4, 0.5) is 0 Å². The molecule has 3 N–H and O–H groups in total. The Balaban J connectivity index is 0.00000220. The van der Waals surface area contributed by atoms with Crippen LogP contribution in [0, 0.1) is 6.92 Å². The summed E-state index contributed by atoms with van der Waals surface area (Å²) in [6.45, 7) is 6.60. The van der Waals surface area contributed by atoms with Crippen molar-refractivity contribution in [3.63, 3.8) is 0 Å². The second-order valence-corrected chi connectivity index (χ2v) is 5.42. The number of carbonyl (C=O) groups is 2. The first-order valence-corrected chi connectivity index (χ1v) is 7.24. The quantitative estimate of drug-likeness (QED) is 0.835. The molecular formula is C15H24ClN3O2. The van der Waals surface area contributed by atoms with Crippen molar-refractivity contribution in [2.75, 3.05) is 13.1 Å². The first-order chi connectivity index (χ1) is 9.51. The zero-order chi connectivity index (χ0) is 14.9. The molecular weight excluding hydrogens is 290 g/mol. The molecule has 2 heterocycles. The van der Waals surface area contributed by atoms with Crippen LogP contribution in [-0.2, 0) is 6.42 Å². The van der Waals surface area contributed by atoms with Gasteiger partial charge >= 0.3 is 0 Å². The van der Waals surface area contributed by atoms with Gasteiger partial charge in [-0.25, -0.2) is 0 Å². The fraction of sp³-hybridized carbons (Fsp3) is 0.600. The normalized spacial score (nSPS) is 17.7. The third kappa shape index (κ3) is 3.14. The third-order valence-electron chi connectivity index (χ3n) is 4.12. The molecule has 118 valence electrons. The van der Waals surface area contributed by atoms with Crippen LogP contribution in [0.25, 0.3) is 0 Å². The van der Waals surface area contributed by atoms with Gasteiger partial charge in [0.05, 0.1) is 0 Å². The summed E-state index contributed by atoms with van der Waals surface area (Å²) >= 11 is 0. The number of likely N-dealkylation sites (tertiary alicyclic amines) is 1. The maximum absolute atomic E-state index is 12.7. The Hall–Kier alpha value is -1.33. The maximum Gasteiger partial charge on any atom is 0.270 e. The number of nitrogens with zero attached hydrogens (tertiary/aromatic N) is 1. The Kier molecular flexibility index (Phi) is 5.98. The van der Waals surface area contributed by atoms with Crippen LogP contribution < -0.4 is 5.73 Å². The number of aromatic nitrogens is 1. The van der Waals surface area contributed by atoms with E-state index >= 15 is 0 Å². The number of nitrogens with one attached hydrogen (secondary N) is 1. The van der Waals surface area contributed by atoms with E-state index in [1.54, 1.807) is 6.92 Å². The molecule has 1 atom stereocenters. The summed E-state index contributed by atoms with van der Waals surface area (Å²) < 4.78 is 0. The zero-order valence-corrected chi connectivity index (χ0v) is 13.7. The number of H-pyrrole nitrogens is 1. The van der Waals surface area contributed by atoms with Crippen LogP contribution in [0.15, 0.2) is 0 Å². The first kappa shape index (κ1) is 17.7. The topological polar surface area (TPSA) is 79.2 Å². The van der Waals surface area contributed by atoms with Gasteiger partial charge in [-0.2, -0.15) is 0 Å². The minimum Gasteiger partial charge on any atom is -0.354 e. The molecule has 0 radical (unpaired) electrons. The van der Waals surface area contributed by atoms with Crippen molar-refractivity contribution in [1.29, 1.82) is 0 Å². The highest BCUT2D eigenvalue weighted by atomic mass is 35.5. The van der Waals surface area contributed by atoms with Crippen molar-refractivity contribution in [3.05, 3.63) is 22.5 Å². The molecule has 1 aromatic rings. The molecule has 1 aromatic heterocycles. The minimum atomic E-state index is -0.0228. The molecule has 6 heteroatoms. The van der Waals surface area contributed by atoms with Crippen LogP contribution in [0.5, 0.6) is 0 Å². The Bertz CT molecular complexity index is 539. The van der Waals surface area contributed by atoms with E-state index in [4.69, 9.17) is 5.73 Å². The Labute approximate surface area is 131 Å². The fourth-order valence-corrected chi connectivity index (χ4v) is 3.18. The number of aromatic amines is 1. The van der Waals surface area contributed by atoms with E-state index in [9.17, 15) is 9.59 Å². The number of hydrogen-bond donors (Lipinski definition) is 2. The zero-order valence-electron chi connectivity index (χ0n) is 12.9. The number of carbonyl (C=O) groups excluding carboxylic acids is 2. The van der Waals surface area contributed by atoms with Crippen molar-refractivity contribution < 1.29 is 9.59 Å². The van der Waals surface area contributed by atoms with E-state index in [1.165, 1.54) is 0 Å². The largest absolute Gasteiger partial charge is 0.354 e. The van der Waals surface area contributed by atoms with E-state index in [-0.39, 0.29) is 30.1 Å². The Morgan fingerprint density at radius 1 is 1.43 bits per heavy atom. The fourth-order valence-electron chi connectivity index (χ4n) is 3.18. The molecule has 0 spiro atoms. The lowest BCUT2D eigenvalue weighted by Crippen LogP contribution is -2.40. The van der Waals surface area contributed by atoms with Crippen molar-refractivity contribution in [1.82, 2.24) is 9.88 Å². The molecule has 1 amide bonds. The predicted molar refractivity (Wildman–Crippen MR) is 85.3 cm³/mol.